The van der Waals surface area contributed by atoms with Gasteiger partial charge in [0.2, 0.25) is 11.0 Å². The monoisotopic (exact) mass is 408 g/mol. The van der Waals surface area contributed by atoms with Crippen LogP contribution in [0.3, 0.4) is 0 Å². The molecule has 6 nitrogen and oxygen atoms in total. The van der Waals surface area contributed by atoms with Crippen LogP contribution in [0.25, 0.3) is 0 Å². The van der Waals surface area contributed by atoms with Crippen molar-refractivity contribution in [2.75, 3.05) is 11.1 Å². The van der Waals surface area contributed by atoms with Crippen LogP contribution in [0.2, 0.25) is 0 Å². The Morgan fingerprint density at radius 2 is 1.89 bits per heavy atom. The molecule has 2 aromatic rings. The minimum atomic E-state index is -0.400. The number of carbonyl (C=O) groups excluding carboxylic acids is 2. The van der Waals surface area contributed by atoms with Gasteiger partial charge in [-0.1, -0.05) is 23.1 Å². The van der Waals surface area contributed by atoms with Crippen molar-refractivity contribution in [2.45, 2.75) is 49.5 Å². The van der Waals surface area contributed by atoms with E-state index in [1.165, 1.54) is 47.4 Å². The van der Waals surface area contributed by atoms with Crippen molar-refractivity contribution >= 4 is 40.0 Å². The summed E-state index contributed by atoms with van der Waals surface area (Å²) < 4.78 is 13.5. The standard InChI is InChI=1S/C18H21FN4O2S2/c1-11-4-3-5-12(2)23(11)15(24)10-26-18-22-21-17(27-18)20-16(25)13-6-8-14(19)9-7-13/h6-9,11-12H,3-5,10H2,1-2H3,(H,20,21,25)/t11-,12-/m1/s1. The Labute approximate surface area is 165 Å². The van der Waals surface area contributed by atoms with Crippen LogP contribution in [-0.2, 0) is 4.79 Å². The number of aromatic nitrogens is 2. The summed E-state index contributed by atoms with van der Waals surface area (Å²) in [5.74, 6) is -0.375. The van der Waals surface area contributed by atoms with Crippen LogP contribution in [0.15, 0.2) is 28.6 Å². The third kappa shape index (κ3) is 5.04. The van der Waals surface area contributed by atoms with Crippen molar-refractivity contribution in [1.29, 1.82) is 0 Å². The second kappa shape index (κ2) is 8.79. The summed E-state index contributed by atoms with van der Waals surface area (Å²) in [5.41, 5.74) is 0.337. The maximum Gasteiger partial charge on any atom is 0.257 e. The Hall–Kier alpha value is -2.00. The fraction of sp³-hybridized carbons (Fsp3) is 0.444. The average molecular weight is 409 g/mol. The van der Waals surface area contributed by atoms with Gasteiger partial charge in [-0.05, 0) is 57.4 Å². The van der Waals surface area contributed by atoms with Crippen molar-refractivity contribution in [1.82, 2.24) is 15.1 Å². The summed E-state index contributed by atoms with van der Waals surface area (Å²) in [5, 5.41) is 10.9. The van der Waals surface area contributed by atoms with Gasteiger partial charge in [-0.25, -0.2) is 4.39 Å². The molecule has 1 saturated heterocycles. The fourth-order valence-electron chi connectivity index (χ4n) is 3.20. The first-order valence-electron chi connectivity index (χ1n) is 8.78. The van der Waals surface area contributed by atoms with Crippen LogP contribution in [-0.4, -0.2) is 44.7 Å². The lowest BCUT2D eigenvalue weighted by atomic mass is 9.98. The highest BCUT2D eigenvalue weighted by molar-refractivity contribution is 8.01. The largest absolute Gasteiger partial charge is 0.337 e. The highest BCUT2D eigenvalue weighted by Gasteiger charge is 2.28. The number of nitrogens with one attached hydrogen (secondary N) is 1. The van der Waals surface area contributed by atoms with Gasteiger partial charge in [0.1, 0.15) is 5.82 Å². The van der Waals surface area contributed by atoms with Crippen LogP contribution in [0, 0.1) is 5.82 Å². The van der Waals surface area contributed by atoms with E-state index >= 15 is 0 Å². The molecule has 27 heavy (non-hydrogen) atoms. The van der Waals surface area contributed by atoms with Crippen LogP contribution in [0.1, 0.15) is 43.5 Å². The van der Waals surface area contributed by atoms with E-state index in [1.54, 1.807) is 0 Å². The molecule has 1 aliphatic heterocycles. The maximum absolute atomic E-state index is 12.9. The molecule has 0 spiro atoms. The zero-order chi connectivity index (χ0) is 19.4. The zero-order valence-corrected chi connectivity index (χ0v) is 16.8. The summed E-state index contributed by atoms with van der Waals surface area (Å²) in [6, 6.07) is 5.79. The van der Waals surface area contributed by atoms with Crippen molar-refractivity contribution < 1.29 is 14.0 Å². The molecule has 1 aromatic carbocycles. The lowest BCUT2D eigenvalue weighted by Crippen LogP contribution is -2.48. The molecular weight excluding hydrogens is 387 g/mol. The Balaban J connectivity index is 1.54. The van der Waals surface area contributed by atoms with E-state index in [4.69, 9.17) is 0 Å². The number of benzene rings is 1. The van der Waals surface area contributed by atoms with E-state index in [9.17, 15) is 14.0 Å². The number of rotatable bonds is 5. The smallest absolute Gasteiger partial charge is 0.257 e. The molecule has 2 amide bonds. The molecule has 0 aliphatic carbocycles. The lowest BCUT2D eigenvalue weighted by Gasteiger charge is -2.39. The first-order chi connectivity index (χ1) is 12.9. The van der Waals surface area contributed by atoms with Gasteiger partial charge in [-0.2, -0.15) is 0 Å². The van der Waals surface area contributed by atoms with E-state index in [2.05, 4.69) is 29.4 Å². The van der Waals surface area contributed by atoms with Crippen molar-refractivity contribution in [3.8, 4) is 0 Å². The van der Waals surface area contributed by atoms with Crippen LogP contribution in [0.4, 0.5) is 9.52 Å². The number of hydrogen-bond acceptors (Lipinski definition) is 6. The van der Waals surface area contributed by atoms with Gasteiger partial charge in [-0.3, -0.25) is 14.9 Å². The molecule has 3 rings (SSSR count). The molecule has 0 radical (unpaired) electrons. The first kappa shape index (κ1) is 19.8. The third-order valence-electron chi connectivity index (χ3n) is 4.53. The van der Waals surface area contributed by atoms with Gasteiger partial charge in [0.05, 0.1) is 5.75 Å². The Bertz CT molecular complexity index is 802. The number of amides is 2. The number of thioether (sulfide) groups is 1. The maximum atomic E-state index is 12.9. The van der Waals surface area contributed by atoms with Crippen LogP contribution in [0.5, 0.6) is 0 Å². The van der Waals surface area contributed by atoms with E-state index in [0.717, 1.165) is 19.3 Å². The molecule has 1 aliphatic rings. The number of halogens is 1. The summed E-state index contributed by atoms with van der Waals surface area (Å²) in [6.07, 6.45) is 3.24. The van der Waals surface area contributed by atoms with E-state index < -0.39 is 5.82 Å². The van der Waals surface area contributed by atoms with Gasteiger partial charge >= 0.3 is 0 Å². The van der Waals surface area contributed by atoms with Crippen LogP contribution >= 0.6 is 23.1 Å². The number of anilines is 1. The number of piperidine rings is 1. The Morgan fingerprint density at radius 3 is 2.56 bits per heavy atom. The number of hydrogen-bond donors (Lipinski definition) is 1. The number of carbonyl (C=O) groups is 2. The second-order valence-electron chi connectivity index (χ2n) is 6.55. The van der Waals surface area contributed by atoms with E-state index in [0.29, 0.717) is 20.8 Å². The molecule has 0 unspecified atom stereocenters. The van der Waals surface area contributed by atoms with Gasteiger partial charge in [0.25, 0.3) is 5.91 Å². The minimum absolute atomic E-state index is 0.104. The molecule has 2 atom stereocenters. The summed E-state index contributed by atoms with van der Waals surface area (Å²) in [6.45, 7) is 4.18. The second-order valence-corrected chi connectivity index (χ2v) is 8.75. The van der Waals surface area contributed by atoms with Crippen molar-refractivity contribution in [3.63, 3.8) is 0 Å². The van der Waals surface area contributed by atoms with Gasteiger partial charge in [0.15, 0.2) is 4.34 Å². The molecule has 0 bridgehead atoms. The summed E-state index contributed by atoms with van der Waals surface area (Å²) in [7, 11) is 0. The average Bonchev–Trinajstić information content (AvgIpc) is 3.07. The minimum Gasteiger partial charge on any atom is -0.337 e. The highest BCUT2D eigenvalue weighted by atomic mass is 32.2. The van der Waals surface area contributed by atoms with Gasteiger partial charge in [-0.15, -0.1) is 10.2 Å². The highest BCUT2D eigenvalue weighted by Crippen LogP contribution is 2.28. The summed E-state index contributed by atoms with van der Waals surface area (Å²) >= 11 is 2.54. The lowest BCUT2D eigenvalue weighted by molar-refractivity contribution is -0.134. The molecular formula is C18H21FN4O2S2. The number of nitrogens with zero attached hydrogens (tertiary/aromatic N) is 3. The summed E-state index contributed by atoms with van der Waals surface area (Å²) in [4.78, 5) is 26.6. The quantitative estimate of drug-likeness (QED) is 0.601. The SMILES string of the molecule is C[C@@H]1CCC[C@@H](C)N1C(=O)CSc1nnc(NC(=O)c2ccc(F)cc2)s1. The molecule has 1 N–H and O–H groups in total. The topological polar surface area (TPSA) is 75.2 Å². The first-order valence-corrected chi connectivity index (χ1v) is 10.6. The Kier molecular flexibility index (Phi) is 6.43. The molecule has 144 valence electrons. The van der Waals surface area contributed by atoms with Gasteiger partial charge < -0.3 is 4.90 Å². The molecule has 1 aromatic heterocycles. The van der Waals surface area contributed by atoms with Gasteiger partial charge in [0, 0.05) is 17.6 Å². The van der Waals surface area contributed by atoms with Crippen molar-refractivity contribution in [3.05, 3.63) is 35.6 Å². The number of likely N-dealkylation sites (tertiary alicyclic amines) is 1. The molecule has 2 heterocycles. The Morgan fingerprint density at radius 1 is 1.22 bits per heavy atom. The predicted molar refractivity (Wildman–Crippen MR) is 105 cm³/mol. The normalized spacial score (nSPS) is 19.7. The molecule has 1 fully saturated rings. The molecule has 9 heteroatoms. The zero-order valence-electron chi connectivity index (χ0n) is 15.1. The molecule has 0 saturated carbocycles. The van der Waals surface area contributed by atoms with Crippen molar-refractivity contribution in [2.24, 2.45) is 0 Å². The van der Waals surface area contributed by atoms with E-state index in [1.807, 2.05) is 4.90 Å². The van der Waals surface area contributed by atoms with E-state index in [-0.39, 0.29) is 23.9 Å². The predicted octanol–water partition coefficient (Wildman–Crippen LogP) is 3.81. The third-order valence-corrected chi connectivity index (χ3v) is 6.49. The fourth-order valence-corrected chi connectivity index (χ4v) is 4.82. The van der Waals surface area contributed by atoms with Crippen LogP contribution < -0.4 is 5.32 Å².